The van der Waals surface area contributed by atoms with Gasteiger partial charge in [-0.3, -0.25) is 14.7 Å². The van der Waals surface area contributed by atoms with Crippen LogP contribution in [0.25, 0.3) is 0 Å². The lowest BCUT2D eigenvalue weighted by atomic mass is 10.1. The van der Waals surface area contributed by atoms with Crippen LogP contribution < -0.4 is 5.32 Å². The fourth-order valence-corrected chi connectivity index (χ4v) is 3.11. The topological polar surface area (TPSA) is 78.3 Å². The number of aliphatic hydroxyl groups excluding tert-OH is 1. The summed E-state index contributed by atoms with van der Waals surface area (Å²) in [5.74, 6) is -0.221. The van der Waals surface area contributed by atoms with Crippen LogP contribution in [0.5, 0.6) is 0 Å². The number of aromatic nitrogens is 2. The highest BCUT2D eigenvalue weighted by Crippen LogP contribution is 2.20. The largest absolute Gasteiger partial charge is 0.392 e. The summed E-state index contributed by atoms with van der Waals surface area (Å²) in [6.07, 6.45) is 3.39. The summed E-state index contributed by atoms with van der Waals surface area (Å²) in [7, 11) is 0. The van der Waals surface area contributed by atoms with Crippen molar-refractivity contribution in [1.82, 2.24) is 20.2 Å². The Morgan fingerprint density at radius 2 is 2.04 bits per heavy atom. The number of benzene rings is 1. The Labute approximate surface area is 141 Å². The Kier molecular flexibility index (Phi) is 5.17. The van der Waals surface area contributed by atoms with E-state index < -0.39 is 0 Å². The predicted octanol–water partition coefficient (Wildman–Crippen LogP) is 1.15. The van der Waals surface area contributed by atoms with E-state index >= 15 is 0 Å². The minimum atomic E-state index is -0.353. The Balaban J connectivity index is 1.60. The molecule has 1 aliphatic heterocycles. The standard InChI is InChI=1S/C18H22N4O2/c1-13-17(20-8-7-19-13)18(24)21-10-15-9-16(23)12-22(15)11-14-5-3-2-4-6-14/h2-8,15-16,23H,9-12H2,1H3,(H,21,24)/t15-,16-/m1/s1. The van der Waals surface area contributed by atoms with Gasteiger partial charge < -0.3 is 10.4 Å². The molecule has 3 rings (SSSR count). The summed E-state index contributed by atoms with van der Waals surface area (Å²) >= 11 is 0. The molecule has 1 aromatic carbocycles. The zero-order chi connectivity index (χ0) is 16.9. The van der Waals surface area contributed by atoms with Gasteiger partial charge in [0.1, 0.15) is 5.69 Å². The van der Waals surface area contributed by atoms with Gasteiger partial charge in [0.15, 0.2) is 0 Å². The minimum Gasteiger partial charge on any atom is -0.392 e. The van der Waals surface area contributed by atoms with Crippen LogP contribution in [0.4, 0.5) is 0 Å². The van der Waals surface area contributed by atoms with Crippen LogP contribution in [0.2, 0.25) is 0 Å². The number of nitrogens with zero attached hydrogens (tertiary/aromatic N) is 3. The lowest BCUT2D eigenvalue weighted by Gasteiger charge is -2.24. The molecule has 1 saturated heterocycles. The van der Waals surface area contributed by atoms with E-state index in [1.165, 1.54) is 11.8 Å². The zero-order valence-electron chi connectivity index (χ0n) is 13.7. The Hall–Kier alpha value is -2.31. The van der Waals surface area contributed by atoms with E-state index in [1.54, 1.807) is 13.1 Å². The normalized spacial score (nSPS) is 20.9. The van der Waals surface area contributed by atoms with Gasteiger partial charge >= 0.3 is 0 Å². The molecule has 0 spiro atoms. The van der Waals surface area contributed by atoms with Crippen molar-refractivity contribution in [3.63, 3.8) is 0 Å². The molecule has 24 heavy (non-hydrogen) atoms. The third kappa shape index (κ3) is 3.96. The van der Waals surface area contributed by atoms with Gasteiger partial charge in [0.25, 0.3) is 5.91 Å². The zero-order valence-corrected chi connectivity index (χ0v) is 13.7. The number of hydrogen-bond acceptors (Lipinski definition) is 5. The molecule has 6 nitrogen and oxygen atoms in total. The van der Waals surface area contributed by atoms with Crippen molar-refractivity contribution in [2.45, 2.75) is 32.0 Å². The van der Waals surface area contributed by atoms with E-state index in [0.717, 1.165) is 6.54 Å². The summed E-state index contributed by atoms with van der Waals surface area (Å²) in [5.41, 5.74) is 2.17. The molecule has 2 aromatic rings. The van der Waals surface area contributed by atoms with E-state index in [-0.39, 0.29) is 18.1 Å². The summed E-state index contributed by atoms with van der Waals surface area (Å²) in [5, 5.41) is 12.9. The number of carbonyl (C=O) groups is 1. The fraction of sp³-hybridized carbons (Fsp3) is 0.389. The number of likely N-dealkylation sites (tertiary alicyclic amines) is 1. The number of hydrogen-bond donors (Lipinski definition) is 2. The first kappa shape index (κ1) is 16.5. The van der Waals surface area contributed by atoms with Gasteiger partial charge in [0.05, 0.1) is 11.8 Å². The second-order valence-corrected chi connectivity index (χ2v) is 6.16. The molecule has 0 unspecified atom stereocenters. The van der Waals surface area contributed by atoms with Crippen LogP contribution in [-0.2, 0) is 6.54 Å². The second-order valence-electron chi connectivity index (χ2n) is 6.16. The molecule has 2 N–H and O–H groups in total. The van der Waals surface area contributed by atoms with Crippen molar-refractivity contribution in [2.24, 2.45) is 0 Å². The third-order valence-corrected chi connectivity index (χ3v) is 4.33. The summed E-state index contributed by atoms with van der Waals surface area (Å²) in [6, 6.07) is 10.3. The van der Waals surface area contributed by atoms with Gasteiger partial charge in [-0.05, 0) is 18.9 Å². The van der Waals surface area contributed by atoms with Gasteiger partial charge in [0.2, 0.25) is 0 Å². The maximum atomic E-state index is 12.3. The molecular formula is C18H22N4O2. The van der Waals surface area contributed by atoms with Crippen molar-refractivity contribution in [2.75, 3.05) is 13.1 Å². The van der Waals surface area contributed by atoms with E-state index in [0.29, 0.717) is 30.9 Å². The maximum absolute atomic E-state index is 12.3. The van der Waals surface area contributed by atoms with Crippen LogP contribution in [0.15, 0.2) is 42.7 Å². The van der Waals surface area contributed by atoms with E-state index in [9.17, 15) is 9.90 Å². The second kappa shape index (κ2) is 7.51. The van der Waals surface area contributed by atoms with E-state index in [4.69, 9.17) is 0 Å². The first-order valence-corrected chi connectivity index (χ1v) is 8.15. The molecule has 1 amide bonds. The van der Waals surface area contributed by atoms with Crippen LogP contribution in [0, 0.1) is 6.92 Å². The van der Waals surface area contributed by atoms with Crippen LogP contribution >= 0.6 is 0 Å². The smallest absolute Gasteiger partial charge is 0.271 e. The predicted molar refractivity (Wildman–Crippen MR) is 90.4 cm³/mol. The van der Waals surface area contributed by atoms with Crippen molar-refractivity contribution in [1.29, 1.82) is 0 Å². The number of amides is 1. The highest BCUT2D eigenvalue weighted by Gasteiger charge is 2.31. The number of aryl methyl sites for hydroxylation is 1. The molecule has 0 saturated carbocycles. The van der Waals surface area contributed by atoms with Crippen molar-refractivity contribution >= 4 is 5.91 Å². The average Bonchev–Trinajstić information content (AvgIpc) is 2.93. The van der Waals surface area contributed by atoms with Gasteiger partial charge in [-0.15, -0.1) is 0 Å². The molecule has 126 valence electrons. The molecule has 2 atom stereocenters. The summed E-state index contributed by atoms with van der Waals surface area (Å²) in [6.45, 7) is 3.64. The first-order valence-electron chi connectivity index (χ1n) is 8.15. The third-order valence-electron chi connectivity index (χ3n) is 4.33. The molecule has 1 aliphatic rings. The molecule has 0 aliphatic carbocycles. The van der Waals surface area contributed by atoms with Crippen molar-refractivity contribution in [3.8, 4) is 0 Å². The summed E-state index contributed by atoms with van der Waals surface area (Å²) in [4.78, 5) is 22.7. The molecule has 0 radical (unpaired) electrons. The first-order chi connectivity index (χ1) is 11.6. The number of nitrogens with one attached hydrogen (secondary N) is 1. The highest BCUT2D eigenvalue weighted by molar-refractivity contribution is 5.93. The Morgan fingerprint density at radius 3 is 2.79 bits per heavy atom. The Morgan fingerprint density at radius 1 is 1.29 bits per heavy atom. The van der Waals surface area contributed by atoms with E-state index in [1.807, 2.05) is 18.2 Å². The molecule has 2 heterocycles. The number of carbonyl (C=O) groups excluding carboxylic acids is 1. The summed E-state index contributed by atoms with van der Waals surface area (Å²) < 4.78 is 0. The fourth-order valence-electron chi connectivity index (χ4n) is 3.11. The van der Waals surface area contributed by atoms with Crippen molar-refractivity contribution in [3.05, 3.63) is 59.7 Å². The van der Waals surface area contributed by atoms with Crippen LogP contribution in [0.3, 0.4) is 0 Å². The van der Waals surface area contributed by atoms with Gasteiger partial charge in [0, 0.05) is 38.1 Å². The molecule has 1 fully saturated rings. The lowest BCUT2D eigenvalue weighted by Crippen LogP contribution is -2.40. The quantitative estimate of drug-likeness (QED) is 0.862. The van der Waals surface area contributed by atoms with Crippen LogP contribution in [-0.4, -0.2) is 51.1 Å². The average molecular weight is 326 g/mol. The van der Waals surface area contributed by atoms with E-state index in [2.05, 4.69) is 32.3 Å². The van der Waals surface area contributed by atoms with Gasteiger partial charge in [-0.1, -0.05) is 30.3 Å². The number of rotatable bonds is 5. The lowest BCUT2D eigenvalue weighted by molar-refractivity contribution is 0.0933. The number of β-amino-alcohol motifs (C(OH)–C–C–N with tert-alkyl or cyclic N) is 1. The SMILES string of the molecule is Cc1nccnc1C(=O)NC[C@H]1C[C@@H](O)CN1Cc1ccccc1. The maximum Gasteiger partial charge on any atom is 0.271 e. The van der Waals surface area contributed by atoms with Gasteiger partial charge in [-0.2, -0.15) is 0 Å². The van der Waals surface area contributed by atoms with Gasteiger partial charge in [-0.25, -0.2) is 4.98 Å². The van der Waals surface area contributed by atoms with Crippen molar-refractivity contribution < 1.29 is 9.90 Å². The minimum absolute atomic E-state index is 0.112. The molecule has 6 heteroatoms. The Bertz CT molecular complexity index is 692. The monoisotopic (exact) mass is 326 g/mol. The molecular weight excluding hydrogens is 304 g/mol. The number of aliphatic hydroxyl groups is 1. The molecule has 1 aromatic heterocycles. The van der Waals surface area contributed by atoms with Crippen LogP contribution in [0.1, 0.15) is 28.2 Å². The highest BCUT2D eigenvalue weighted by atomic mass is 16.3. The molecule has 0 bridgehead atoms.